The number of aliphatic hydroxyl groups excluding tert-OH is 1. The van der Waals surface area contributed by atoms with Crippen LogP contribution >= 0.6 is 0 Å². The molecule has 0 aliphatic carbocycles. The predicted molar refractivity (Wildman–Crippen MR) is 79.7 cm³/mol. The molecule has 0 bridgehead atoms. The van der Waals surface area contributed by atoms with Gasteiger partial charge < -0.3 is 18.7 Å². The monoisotopic (exact) mass is 285 g/mol. The summed E-state index contributed by atoms with van der Waals surface area (Å²) in [5.74, 6) is 0.522. The van der Waals surface area contributed by atoms with Gasteiger partial charge in [0.25, 0.3) is 0 Å². The smallest absolute Gasteiger partial charge is 0.203 e. The Bertz CT molecular complexity index is 784. The molecule has 2 aromatic heterocycles. The fraction of sp³-hybridized carbons (Fsp3) is 0.312. The molecule has 0 fully saturated rings. The third-order valence-corrected chi connectivity index (χ3v) is 3.65. The van der Waals surface area contributed by atoms with Crippen molar-refractivity contribution in [1.29, 1.82) is 5.41 Å². The van der Waals surface area contributed by atoms with E-state index in [-0.39, 0.29) is 0 Å². The summed E-state index contributed by atoms with van der Waals surface area (Å²) >= 11 is 0. The molecular formula is C16H19N3O2. The largest absolute Gasteiger partial charge is 0.467 e. The fourth-order valence-electron chi connectivity index (χ4n) is 2.67. The Morgan fingerprint density at radius 2 is 1.86 bits per heavy atom. The van der Waals surface area contributed by atoms with E-state index >= 15 is 0 Å². The minimum absolute atomic E-state index is 0.309. The minimum atomic E-state index is -0.755. The van der Waals surface area contributed by atoms with Gasteiger partial charge in [-0.3, -0.25) is 5.41 Å². The van der Waals surface area contributed by atoms with E-state index in [0.29, 0.717) is 17.9 Å². The highest BCUT2D eigenvalue weighted by atomic mass is 16.4. The maximum Gasteiger partial charge on any atom is 0.203 e. The van der Waals surface area contributed by atoms with Crippen LogP contribution in [0.2, 0.25) is 0 Å². The zero-order chi connectivity index (χ0) is 14.8. The van der Waals surface area contributed by atoms with Gasteiger partial charge in [0.05, 0.1) is 23.8 Å². The zero-order valence-electron chi connectivity index (χ0n) is 12.0. The molecule has 3 aromatic rings. The molecular weight excluding hydrogens is 266 g/mol. The normalized spacial score (nSPS) is 12.9. The van der Waals surface area contributed by atoms with Crippen LogP contribution in [0.1, 0.15) is 25.2 Å². The van der Waals surface area contributed by atoms with Crippen LogP contribution < -0.4 is 5.62 Å². The van der Waals surface area contributed by atoms with E-state index < -0.39 is 6.10 Å². The van der Waals surface area contributed by atoms with Crippen molar-refractivity contribution in [2.45, 2.75) is 32.5 Å². The number of benzene rings is 1. The van der Waals surface area contributed by atoms with Gasteiger partial charge in [0.1, 0.15) is 11.9 Å². The lowest BCUT2D eigenvalue weighted by molar-refractivity contribution is 0.129. The number of para-hydroxylation sites is 2. The molecule has 5 nitrogen and oxygen atoms in total. The zero-order valence-corrected chi connectivity index (χ0v) is 12.0. The van der Waals surface area contributed by atoms with Crippen LogP contribution in [0.3, 0.4) is 0 Å². The first-order valence-corrected chi connectivity index (χ1v) is 7.16. The first kappa shape index (κ1) is 13.7. The molecule has 0 amide bonds. The van der Waals surface area contributed by atoms with Gasteiger partial charge in [-0.05, 0) is 30.7 Å². The van der Waals surface area contributed by atoms with E-state index in [1.165, 1.54) is 0 Å². The number of hydrogen-bond acceptors (Lipinski definition) is 3. The number of hydrogen-bond donors (Lipinski definition) is 2. The molecule has 5 heteroatoms. The second-order valence-corrected chi connectivity index (χ2v) is 5.11. The van der Waals surface area contributed by atoms with Crippen molar-refractivity contribution < 1.29 is 9.52 Å². The maximum absolute atomic E-state index is 10.3. The number of furan rings is 1. The van der Waals surface area contributed by atoms with E-state index in [0.717, 1.165) is 24.0 Å². The van der Waals surface area contributed by atoms with Crippen molar-refractivity contribution in [3.8, 4) is 0 Å². The van der Waals surface area contributed by atoms with E-state index in [2.05, 4.69) is 6.92 Å². The van der Waals surface area contributed by atoms with Crippen LogP contribution in [0, 0.1) is 5.41 Å². The average Bonchev–Trinajstić information content (AvgIpc) is 3.11. The number of aromatic nitrogens is 2. The first-order chi connectivity index (χ1) is 10.2. The molecule has 0 radical (unpaired) electrons. The Balaban J connectivity index is 2.06. The molecule has 3 rings (SSSR count). The molecule has 2 heterocycles. The summed E-state index contributed by atoms with van der Waals surface area (Å²) in [6, 6.07) is 11.4. The van der Waals surface area contributed by atoms with Gasteiger partial charge in [0, 0.05) is 6.54 Å². The summed E-state index contributed by atoms with van der Waals surface area (Å²) in [5.41, 5.74) is 2.39. The van der Waals surface area contributed by atoms with Gasteiger partial charge in [0.15, 0.2) is 0 Å². The predicted octanol–water partition coefficient (Wildman–Crippen LogP) is 2.66. The summed E-state index contributed by atoms with van der Waals surface area (Å²) in [4.78, 5) is 0. The molecule has 0 saturated heterocycles. The Hall–Kier alpha value is -2.27. The van der Waals surface area contributed by atoms with E-state index in [1.807, 2.05) is 33.4 Å². The van der Waals surface area contributed by atoms with Crippen molar-refractivity contribution in [2.24, 2.45) is 0 Å². The number of aliphatic hydroxyl groups is 1. The lowest BCUT2D eigenvalue weighted by atomic mass is 10.2. The average molecular weight is 285 g/mol. The molecule has 0 unspecified atom stereocenters. The number of aryl methyl sites for hydroxylation is 1. The maximum atomic E-state index is 10.3. The van der Waals surface area contributed by atoms with E-state index in [1.54, 1.807) is 18.4 Å². The fourth-order valence-corrected chi connectivity index (χ4v) is 2.67. The molecule has 2 N–H and O–H groups in total. The number of nitrogens with one attached hydrogen (secondary N) is 1. The van der Waals surface area contributed by atoms with Crippen LogP contribution in [0.4, 0.5) is 0 Å². The lowest BCUT2D eigenvalue weighted by Crippen LogP contribution is -2.26. The quantitative estimate of drug-likeness (QED) is 0.756. The van der Waals surface area contributed by atoms with E-state index in [9.17, 15) is 5.11 Å². The van der Waals surface area contributed by atoms with Gasteiger partial charge >= 0.3 is 0 Å². The Morgan fingerprint density at radius 1 is 1.14 bits per heavy atom. The van der Waals surface area contributed by atoms with Gasteiger partial charge in [-0.25, -0.2) is 0 Å². The molecule has 0 aliphatic heterocycles. The van der Waals surface area contributed by atoms with Crippen molar-refractivity contribution in [1.82, 2.24) is 9.13 Å². The summed E-state index contributed by atoms with van der Waals surface area (Å²) < 4.78 is 9.05. The topological polar surface area (TPSA) is 67.1 Å². The third-order valence-electron chi connectivity index (χ3n) is 3.65. The van der Waals surface area contributed by atoms with Crippen molar-refractivity contribution in [3.63, 3.8) is 0 Å². The number of imidazole rings is 1. The molecule has 21 heavy (non-hydrogen) atoms. The molecule has 110 valence electrons. The molecule has 1 atom stereocenters. The number of rotatable bonds is 5. The van der Waals surface area contributed by atoms with Crippen LogP contribution in [0.15, 0.2) is 47.1 Å². The molecule has 0 aliphatic rings. The Kier molecular flexibility index (Phi) is 3.66. The first-order valence-electron chi connectivity index (χ1n) is 7.16. The summed E-state index contributed by atoms with van der Waals surface area (Å²) in [6.07, 6.45) is 1.76. The summed E-state index contributed by atoms with van der Waals surface area (Å²) in [6.45, 7) is 3.20. The summed E-state index contributed by atoms with van der Waals surface area (Å²) in [7, 11) is 0. The number of nitrogens with zero attached hydrogens (tertiary/aromatic N) is 2. The Labute approximate surface area is 122 Å². The molecule has 0 spiro atoms. The van der Waals surface area contributed by atoms with Gasteiger partial charge in [-0.2, -0.15) is 0 Å². The van der Waals surface area contributed by atoms with Crippen LogP contribution in [-0.2, 0) is 13.1 Å². The molecule has 1 aromatic carbocycles. The lowest BCUT2D eigenvalue weighted by Gasteiger charge is -2.09. The summed E-state index contributed by atoms with van der Waals surface area (Å²) in [5, 5.41) is 18.7. The highest BCUT2D eigenvalue weighted by Gasteiger charge is 2.16. The second-order valence-electron chi connectivity index (χ2n) is 5.11. The number of fused-ring (bicyclic) bond motifs is 1. The highest BCUT2D eigenvalue weighted by molar-refractivity contribution is 5.75. The van der Waals surface area contributed by atoms with Crippen LogP contribution in [0.25, 0.3) is 11.0 Å². The van der Waals surface area contributed by atoms with E-state index in [4.69, 9.17) is 9.83 Å². The Morgan fingerprint density at radius 3 is 2.48 bits per heavy atom. The van der Waals surface area contributed by atoms with Crippen LogP contribution in [0.5, 0.6) is 0 Å². The van der Waals surface area contributed by atoms with Crippen molar-refractivity contribution in [3.05, 3.63) is 54.0 Å². The highest BCUT2D eigenvalue weighted by Crippen LogP contribution is 2.19. The van der Waals surface area contributed by atoms with Crippen molar-refractivity contribution in [2.75, 3.05) is 0 Å². The van der Waals surface area contributed by atoms with Gasteiger partial charge in [-0.1, -0.05) is 19.1 Å². The minimum Gasteiger partial charge on any atom is -0.467 e. The molecule has 0 saturated carbocycles. The second kappa shape index (κ2) is 5.61. The van der Waals surface area contributed by atoms with Gasteiger partial charge in [0.2, 0.25) is 5.62 Å². The van der Waals surface area contributed by atoms with Crippen LogP contribution in [-0.4, -0.2) is 14.2 Å². The van der Waals surface area contributed by atoms with Gasteiger partial charge in [-0.15, -0.1) is 0 Å². The van der Waals surface area contributed by atoms with Crippen molar-refractivity contribution >= 4 is 11.0 Å². The standard InChI is InChI=1S/C16H19N3O2/c1-2-9-18-12-6-3-4-7-13(12)19(16(18)17)11-14(20)15-8-5-10-21-15/h3-8,10,14,17,20H,2,9,11H2,1H3/t14-/m1/s1. The third kappa shape index (κ3) is 2.40. The SMILES string of the molecule is CCCn1c(=N)n(C[C@@H](O)c2ccco2)c2ccccc21.